The van der Waals surface area contributed by atoms with Gasteiger partial charge in [-0.15, -0.1) is 0 Å². The molecule has 98 valence electrons. The van der Waals surface area contributed by atoms with Gasteiger partial charge in [0, 0.05) is 11.3 Å². The Bertz CT molecular complexity index is 588. The minimum Gasteiger partial charge on any atom is -0.392 e. The summed E-state index contributed by atoms with van der Waals surface area (Å²) in [6, 6.07) is 13.0. The zero-order valence-electron chi connectivity index (χ0n) is 11.1. The number of hydrogen-bond acceptors (Lipinski definition) is 2. The van der Waals surface area contributed by atoms with Gasteiger partial charge in [0.15, 0.2) is 0 Å². The molecule has 0 aromatic heterocycles. The van der Waals surface area contributed by atoms with Gasteiger partial charge in [0.1, 0.15) is 0 Å². The van der Waals surface area contributed by atoms with Crippen LogP contribution in [0.2, 0.25) is 0 Å². The van der Waals surface area contributed by atoms with Crippen LogP contribution in [0.15, 0.2) is 42.5 Å². The number of carbonyl (C=O) groups is 1. The molecule has 0 unspecified atom stereocenters. The summed E-state index contributed by atoms with van der Waals surface area (Å²) >= 11 is 0. The largest absolute Gasteiger partial charge is 0.392 e. The standard InChI is InChI=1S/C16H17NO2/c1-11-3-4-12(2)15(9-11)16(19)17-14-7-5-13(10-18)6-8-14/h3-9,18H,10H2,1-2H3,(H,17,19). The van der Waals surface area contributed by atoms with E-state index in [-0.39, 0.29) is 12.5 Å². The van der Waals surface area contributed by atoms with E-state index in [0.29, 0.717) is 5.56 Å². The van der Waals surface area contributed by atoms with Crippen molar-refractivity contribution < 1.29 is 9.90 Å². The quantitative estimate of drug-likeness (QED) is 0.885. The van der Waals surface area contributed by atoms with Crippen LogP contribution in [0.25, 0.3) is 0 Å². The molecule has 2 N–H and O–H groups in total. The first kappa shape index (κ1) is 13.3. The Balaban J connectivity index is 2.18. The maximum absolute atomic E-state index is 12.2. The Hall–Kier alpha value is -2.13. The van der Waals surface area contributed by atoms with E-state index in [4.69, 9.17) is 5.11 Å². The smallest absolute Gasteiger partial charge is 0.255 e. The van der Waals surface area contributed by atoms with E-state index in [1.165, 1.54) is 0 Å². The summed E-state index contributed by atoms with van der Waals surface area (Å²) in [5.74, 6) is -0.113. The van der Waals surface area contributed by atoms with E-state index < -0.39 is 0 Å². The molecule has 2 aromatic rings. The average Bonchev–Trinajstić information content (AvgIpc) is 2.42. The van der Waals surface area contributed by atoms with Crippen LogP contribution in [0.5, 0.6) is 0 Å². The van der Waals surface area contributed by atoms with Gasteiger partial charge >= 0.3 is 0 Å². The molecule has 19 heavy (non-hydrogen) atoms. The Morgan fingerprint density at radius 1 is 1.11 bits per heavy atom. The van der Waals surface area contributed by atoms with Crippen molar-refractivity contribution in [1.29, 1.82) is 0 Å². The highest BCUT2D eigenvalue weighted by atomic mass is 16.3. The summed E-state index contributed by atoms with van der Waals surface area (Å²) in [5.41, 5.74) is 4.25. The lowest BCUT2D eigenvalue weighted by molar-refractivity contribution is 0.102. The molecule has 3 heteroatoms. The molecule has 3 nitrogen and oxygen atoms in total. The van der Waals surface area contributed by atoms with Crippen LogP contribution < -0.4 is 5.32 Å². The van der Waals surface area contributed by atoms with Crippen LogP contribution in [0.4, 0.5) is 5.69 Å². The van der Waals surface area contributed by atoms with Crippen LogP contribution in [0.1, 0.15) is 27.0 Å². The van der Waals surface area contributed by atoms with Gasteiger partial charge in [-0.1, -0.05) is 29.8 Å². The van der Waals surface area contributed by atoms with Crippen LogP contribution in [-0.2, 0) is 6.61 Å². The number of carbonyl (C=O) groups excluding carboxylic acids is 1. The molecule has 0 aliphatic heterocycles. The Morgan fingerprint density at radius 2 is 1.79 bits per heavy atom. The molecular weight excluding hydrogens is 238 g/mol. The van der Waals surface area contributed by atoms with Gasteiger partial charge in [0.05, 0.1) is 6.61 Å². The van der Waals surface area contributed by atoms with Crippen molar-refractivity contribution in [2.24, 2.45) is 0 Å². The molecule has 2 rings (SSSR count). The fourth-order valence-electron chi connectivity index (χ4n) is 1.87. The normalized spacial score (nSPS) is 10.3. The molecular formula is C16H17NO2. The molecule has 0 saturated heterocycles. The topological polar surface area (TPSA) is 49.3 Å². The molecule has 0 aliphatic rings. The number of aliphatic hydroxyl groups excluding tert-OH is 1. The van der Waals surface area contributed by atoms with Gasteiger partial charge in [-0.25, -0.2) is 0 Å². The van der Waals surface area contributed by atoms with Crippen molar-refractivity contribution in [3.8, 4) is 0 Å². The Morgan fingerprint density at radius 3 is 2.42 bits per heavy atom. The number of aryl methyl sites for hydroxylation is 2. The maximum Gasteiger partial charge on any atom is 0.255 e. The molecule has 0 atom stereocenters. The number of hydrogen-bond donors (Lipinski definition) is 2. The van der Waals surface area contributed by atoms with Gasteiger partial charge in [0.25, 0.3) is 5.91 Å². The summed E-state index contributed by atoms with van der Waals surface area (Å²) in [6.45, 7) is 3.89. The zero-order valence-corrected chi connectivity index (χ0v) is 11.1. The van der Waals surface area contributed by atoms with E-state index in [0.717, 1.165) is 22.4 Å². The molecule has 0 radical (unpaired) electrons. The number of benzene rings is 2. The van der Waals surface area contributed by atoms with Crippen molar-refractivity contribution in [3.05, 3.63) is 64.7 Å². The number of anilines is 1. The van der Waals surface area contributed by atoms with Crippen LogP contribution in [0.3, 0.4) is 0 Å². The van der Waals surface area contributed by atoms with Crippen molar-refractivity contribution in [2.75, 3.05) is 5.32 Å². The number of rotatable bonds is 3. The first-order valence-corrected chi connectivity index (χ1v) is 6.18. The molecule has 0 heterocycles. The van der Waals surface area contributed by atoms with Crippen LogP contribution in [0, 0.1) is 13.8 Å². The highest BCUT2D eigenvalue weighted by Gasteiger charge is 2.09. The predicted octanol–water partition coefficient (Wildman–Crippen LogP) is 3.05. The third-order valence-electron chi connectivity index (χ3n) is 3.03. The highest BCUT2D eigenvalue weighted by molar-refractivity contribution is 6.05. The lowest BCUT2D eigenvalue weighted by Gasteiger charge is -2.09. The van der Waals surface area contributed by atoms with E-state index in [2.05, 4.69) is 5.32 Å². The second kappa shape index (κ2) is 5.67. The molecule has 1 amide bonds. The molecule has 0 spiro atoms. The van der Waals surface area contributed by atoms with Gasteiger partial charge < -0.3 is 10.4 Å². The molecule has 0 fully saturated rings. The zero-order chi connectivity index (χ0) is 13.8. The number of amides is 1. The SMILES string of the molecule is Cc1ccc(C)c(C(=O)Nc2ccc(CO)cc2)c1. The van der Waals surface area contributed by atoms with E-state index in [9.17, 15) is 4.79 Å². The summed E-state index contributed by atoms with van der Waals surface area (Å²) in [4.78, 5) is 12.2. The van der Waals surface area contributed by atoms with Gasteiger partial charge in [0.2, 0.25) is 0 Å². The number of aliphatic hydroxyl groups is 1. The lowest BCUT2D eigenvalue weighted by atomic mass is 10.0. The van der Waals surface area contributed by atoms with Gasteiger partial charge in [-0.05, 0) is 43.2 Å². The van der Waals surface area contributed by atoms with Crippen molar-refractivity contribution in [2.45, 2.75) is 20.5 Å². The second-order valence-electron chi connectivity index (χ2n) is 4.63. The van der Waals surface area contributed by atoms with Crippen molar-refractivity contribution >= 4 is 11.6 Å². The van der Waals surface area contributed by atoms with Crippen molar-refractivity contribution in [3.63, 3.8) is 0 Å². The minimum absolute atomic E-state index is 0.00517. The Kier molecular flexibility index (Phi) is 3.97. The first-order valence-electron chi connectivity index (χ1n) is 6.18. The molecule has 0 saturated carbocycles. The van der Waals surface area contributed by atoms with E-state index in [1.807, 2.05) is 32.0 Å². The fourth-order valence-corrected chi connectivity index (χ4v) is 1.87. The maximum atomic E-state index is 12.2. The minimum atomic E-state index is -0.113. The summed E-state index contributed by atoms with van der Waals surface area (Å²) in [6.07, 6.45) is 0. The monoisotopic (exact) mass is 255 g/mol. The van der Waals surface area contributed by atoms with Crippen LogP contribution in [-0.4, -0.2) is 11.0 Å². The summed E-state index contributed by atoms with van der Waals surface area (Å²) in [7, 11) is 0. The predicted molar refractivity (Wildman–Crippen MR) is 76.2 cm³/mol. The van der Waals surface area contributed by atoms with Crippen molar-refractivity contribution in [1.82, 2.24) is 0 Å². The summed E-state index contributed by atoms with van der Waals surface area (Å²) < 4.78 is 0. The molecule has 0 bridgehead atoms. The van der Waals surface area contributed by atoms with Gasteiger partial charge in [-0.2, -0.15) is 0 Å². The second-order valence-corrected chi connectivity index (χ2v) is 4.63. The van der Waals surface area contributed by atoms with E-state index >= 15 is 0 Å². The first-order chi connectivity index (χ1) is 9.10. The summed E-state index contributed by atoms with van der Waals surface area (Å²) in [5, 5.41) is 11.8. The van der Waals surface area contributed by atoms with Gasteiger partial charge in [-0.3, -0.25) is 4.79 Å². The van der Waals surface area contributed by atoms with Crippen LogP contribution >= 0.6 is 0 Å². The molecule has 2 aromatic carbocycles. The fraction of sp³-hybridized carbons (Fsp3) is 0.188. The van der Waals surface area contributed by atoms with E-state index in [1.54, 1.807) is 24.3 Å². The average molecular weight is 255 g/mol. The Labute approximate surface area is 112 Å². The highest BCUT2D eigenvalue weighted by Crippen LogP contribution is 2.15. The third kappa shape index (κ3) is 3.20. The third-order valence-corrected chi connectivity index (χ3v) is 3.03. The number of nitrogens with one attached hydrogen (secondary N) is 1. The lowest BCUT2D eigenvalue weighted by Crippen LogP contribution is -2.13. The molecule has 0 aliphatic carbocycles.